The van der Waals surface area contributed by atoms with E-state index < -0.39 is 16.1 Å². The van der Waals surface area contributed by atoms with Gasteiger partial charge in [-0.2, -0.15) is 4.72 Å². The Balaban J connectivity index is 1.39. The standard InChI is InChI=1S/C23H32FN5O3S/c1-28-15-22(26-16-28)33(31,32)27-20(13-17-5-3-2-4-6-17)23(30)25-10-12-29-11-9-18-14-19(24)7-8-21(18)29/h7-8,14-17,20,27H,2-6,9-13H2,1H3,(H,25,30)/t20-/m0/s1. The smallest absolute Gasteiger partial charge is 0.260 e. The lowest BCUT2D eigenvalue weighted by atomic mass is 9.85. The zero-order valence-corrected chi connectivity index (χ0v) is 19.8. The summed E-state index contributed by atoms with van der Waals surface area (Å²) in [6, 6.07) is 3.93. The highest BCUT2D eigenvalue weighted by Gasteiger charge is 2.30. The molecule has 180 valence electrons. The van der Waals surface area contributed by atoms with Gasteiger partial charge in [-0.1, -0.05) is 32.1 Å². The number of aromatic nitrogens is 2. The van der Waals surface area contributed by atoms with Crippen LogP contribution in [0.5, 0.6) is 0 Å². The third-order valence-electron chi connectivity index (χ3n) is 6.58. The Morgan fingerprint density at radius 2 is 2.06 bits per heavy atom. The Labute approximate surface area is 194 Å². The maximum atomic E-state index is 13.5. The van der Waals surface area contributed by atoms with Crippen LogP contribution in [-0.4, -0.2) is 49.6 Å². The summed E-state index contributed by atoms with van der Waals surface area (Å²) >= 11 is 0. The van der Waals surface area contributed by atoms with Crippen molar-refractivity contribution >= 4 is 21.6 Å². The molecule has 1 saturated carbocycles. The van der Waals surface area contributed by atoms with Gasteiger partial charge in [0.25, 0.3) is 10.0 Å². The molecule has 1 fully saturated rings. The molecule has 10 heteroatoms. The van der Waals surface area contributed by atoms with Gasteiger partial charge < -0.3 is 14.8 Å². The first-order chi connectivity index (χ1) is 15.8. The van der Waals surface area contributed by atoms with Crippen LogP contribution in [0.3, 0.4) is 0 Å². The molecule has 2 aliphatic rings. The molecule has 2 aromatic rings. The van der Waals surface area contributed by atoms with Crippen molar-refractivity contribution in [2.75, 3.05) is 24.5 Å². The number of carbonyl (C=O) groups is 1. The van der Waals surface area contributed by atoms with Crippen LogP contribution in [0.4, 0.5) is 10.1 Å². The molecular weight excluding hydrogens is 445 g/mol. The number of fused-ring (bicyclic) bond motifs is 1. The fraction of sp³-hybridized carbons (Fsp3) is 0.565. The van der Waals surface area contributed by atoms with E-state index in [1.165, 1.54) is 25.0 Å². The minimum Gasteiger partial charge on any atom is -0.369 e. The minimum atomic E-state index is -3.91. The first-order valence-electron chi connectivity index (χ1n) is 11.6. The van der Waals surface area contributed by atoms with Crippen molar-refractivity contribution < 1.29 is 17.6 Å². The van der Waals surface area contributed by atoms with E-state index in [0.29, 0.717) is 25.4 Å². The first-order valence-corrected chi connectivity index (χ1v) is 13.1. The van der Waals surface area contributed by atoms with Crippen molar-refractivity contribution in [3.8, 4) is 0 Å². The van der Waals surface area contributed by atoms with Gasteiger partial charge in [-0.25, -0.2) is 17.8 Å². The fourth-order valence-electron chi connectivity index (χ4n) is 4.85. The highest BCUT2D eigenvalue weighted by atomic mass is 32.2. The molecule has 2 heterocycles. The van der Waals surface area contributed by atoms with Gasteiger partial charge in [0.05, 0.1) is 6.33 Å². The lowest BCUT2D eigenvalue weighted by molar-refractivity contribution is -0.123. The molecule has 8 nitrogen and oxygen atoms in total. The Bertz CT molecular complexity index is 1080. The number of nitrogens with zero attached hydrogens (tertiary/aromatic N) is 3. The molecule has 1 aliphatic heterocycles. The number of carbonyl (C=O) groups excluding carboxylic acids is 1. The zero-order valence-electron chi connectivity index (χ0n) is 19.0. The monoisotopic (exact) mass is 477 g/mol. The average Bonchev–Trinajstić information content (AvgIpc) is 3.40. The number of halogens is 1. The van der Waals surface area contributed by atoms with Gasteiger partial charge in [-0.15, -0.1) is 0 Å². The first kappa shape index (κ1) is 23.7. The van der Waals surface area contributed by atoms with Crippen LogP contribution >= 0.6 is 0 Å². The molecule has 0 bridgehead atoms. The van der Waals surface area contributed by atoms with Crippen molar-refractivity contribution in [1.29, 1.82) is 0 Å². The van der Waals surface area contributed by atoms with E-state index in [9.17, 15) is 17.6 Å². The van der Waals surface area contributed by atoms with Gasteiger partial charge in [0, 0.05) is 38.6 Å². The molecular formula is C23H32FN5O3S. The molecule has 1 amide bonds. The molecule has 0 radical (unpaired) electrons. The van der Waals surface area contributed by atoms with Crippen molar-refractivity contribution in [3.63, 3.8) is 0 Å². The largest absolute Gasteiger partial charge is 0.369 e. The zero-order chi connectivity index (χ0) is 23.4. The van der Waals surface area contributed by atoms with E-state index in [1.54, 1.807) is 23.7 Å². The van der Waals surface area contributed by atoms with E-state index in [1.807, 2.05) is 0 Å². The van der Waals surface area contributed by atoms with Crippen molar-refractivity contribution in [3.05, 3.63) is 42.1 Å². The third-order valence-corrected chi connectivity index (χ3v) is 7.93. The van der Waals surface area contributed by atoms with Gasteiger partial charge in [0.1, 0.15) is 11.9 Å². The predicted octanol–water partition coefficient (Wildman–Crippen LogP) is 2.36. The summed E-state index contributed by atoms with van der Waals surface area (Å²) in [5, 5.41) is 2.82. The van der Waals surface area contributed by atoms with E-state index >= 15 is 0 Å². The summed E-state index contributed by atoms with van der Waals surface area (Å²) in [5.41, 5.74) is 1.96. The number of hydrogen-bond donors (Lipinski definition) is 2. The number of amides is 1. The van der Waals surface area contributed by atoms with E-state index in [2.05, 4.69) is 19.9 Å². The SMILES string of the molecule is Cn1cnc(S(=O)(=O)N[C@@H](CC2CCCCC2)C(=O)NCCN2CCc3cc(F)ccc32)c1. The predicted molar refractivity (Wildman–Crippen MR) is 124 cm³/mol. The van der Waals surface area contributed by atoms with Crippen LogP contribution < -0.4 is 14.9 Å². The number of nitrogens with one attached hydrogen (secondary N) is 2. The van der Waals surface area contributed by atoms with Crippen LogP contribution in [0.2, 0.25) is 0 Å². The molecule has 0 spiro atoms. The molecule has 1 atom stereocenters. The van der Waals surface area contributed by atoms with Crippen LogP contribution in [0.25, 0.3) is 0 Å². The molecule has 2 N–H and O–H groups in total. The van der Waals surface area contributed by atoms with E-state index in [0.717, 1.165) is 49.9 Å². The van der Waals surface area contributed by atoms with Gasteiger partial charge in [0.15, 0.2) is 5.03 Å². The van der Waals surface area contributed by atoms with E-state index in [-0.39, 0.29) is 16.8 Å². The highest BCUT2D eigenvalue weighted by molar-refractivity contribution is 7.89. The summed E-state index contributed by atoms with van der Waals surface area (Å²) in [5.74, 6) is -0.241. The molecule has 1 aliphatic carbocycles. The third kappa shape index (κ3) is 5.92. The van der Waals surface area contributed by atoms with E-state index in [4.69, 9.17) is 0 Å². The quantitative estimate of drug-likeness (QED) is 0.578. The highest BCUT2D eigenvalue weighted by Crippen LogP contribution is 2.29. The maximum Gasteiger partial charge on any atom is 0.260 e. The second kappa shape index (κ2) is 10.2. The second-order valence-electron chi connectivity index (χ2n) is 9.09. The second-order valence-corrected chi connectivity index (χ2v) is 10.8. The number of sulfonamides is 1. The van der Waals surface area contributed by atoms with Crippen LogP contribution in [-0.2, 0) is 28.3 Å². The lowest BCUT2D eigenvalue weighted by Gasteiger charge is -2.27. The number of imidazole rings is 1. The topological polar surface area (TPSA) is 96.3 Å². The number of hydrogen-bond acceptors (Lipinski definition) is 5. The molecule has 33 heavy (non-hydrogen) atoms. The fourth-order valence-corrected chi connectivity index (χ4v) is 6.04. The average molecular weight is 478 g/mol. The van der Waals surface area contributed by atoms with Gasteiger partial charge in [0.2, 0.25) is 5.91 Å². The van der Waals surface area contributed by atoms with Gasteiger partial charge in [-0.05, 0) is 42.5 Å². The molecule has 0 unspecified atom stereocenters. The van der Waals surface area contributed by atoms with Crippen molar-refractivity contribution in [1.82, 2.24) is 19.6 Å². The van der Waals surface area contributed by atoms with Crippen LogP contribution in [0.1, 0.15) is 44.1 Å². The van der Waals surface area contributed by atoms with Gasteiger partial charge >= 0.3 is 0 Å². The minimum absolute atomic E-state index is 0.0904. The molecule has 1 aromatic heterocycles. The normalized spacial score (nSPS) is 17.7. The summed E-state index contributed by atoms with van der Waals surface area (Å²) in [7, 11) is -2.21. The number of aryl methyl sites for hydroxylation is 1. The lowest BCUT2D eigenvalue weighted by Crippen LogP contribution is -2.49. The number of rotatable bonds is 9. The Morgan fingerprint density at radius 3 is 2.79 bits per heavy atom. The van der Waals surface area contributed by atoms with Crippen molar-refractivity contribution in [2.45, 2.75) is 56.0 Å². The Hall–Kier alpha value is -2.46. The summed E-state index contributed by atoms with van der Waals surface area (Å²) in [4.78, 5) is 19.1. The molecule has 0 saturated heterocycles. The van der Waals surface area contributed by atoms with Crippen molar-refractivity contribution in [2.24, 2.45) is 13.0 Å². The summed E-state index contributed by atoms with van der Waals surface area (Å²) in [6.45, 7) is 1.72. The molecule has 4 rings (SSSR count). The summed E-state index contributed by atoms with van der Waals surface area (Å²) in [6.07, 6.45) is 9.53. The Morgan fingerprint density at radius 1 is 1.27 bits per heavy atom. The number of benzene rings is 1. The Kier molecular flexibility index (Phi) is 7.33. The van der Waals surface area contributed by atoms with Gasteiger partial charge in [-0.3, -0.25) is 4.79 Å². The maximum absolute atomic E-state index is 13.5. The summed E-state index contributed by atoms with van der Waals surface area (Å²) < 4.78 is 43.3. The number of anilines is 1. The van der Waals surface area contributed by atoms with Crippen LogP contribution in [0, 0.1) is 11.7 Å². The molecule has 1 aromatic carbocycles. The van der Waals surface area contributed by atoms with Crippen LogP contribution in [0.15, 0.2) is 35.7 Å².